The van der Waals surface area contributed by atoms with Crippen molar-refractivity contribution in [1.82, 2.24) is 15.5 Å². The Morgan fingerprint density at radius 3 is 2.31 bits per heavy atom. The van der Waals surface area contributed by atoms with E-state index in [2.05, 4.69) is 57.2 Å². The van der Waals surface area contributed by atoms with Crippen LogP contribution < -0.4 is 20.7 Å². The first-order valence-electron chi connectivity index (χ1n) is 11.5. The molecule has 0 saturated carbocycles. The molecule has 0 atom stereocenters. The Morgan fingerprint density at radius 2 is 1.72 bits per heavy atom. The van der Waals surface area contributed by atoms with Crippen LogP contribution in [0.3, 0.4) is 0 Å². The van der Waals surface area contributed by atoms with Gasteiger partial charge in [-0.25, -0.2) is 0 Å². The molecule has 2 fully saturated rings. The number of carboxylic acid groups (broad SMARTS) is 1. The van der Waals surface area contributed by atoms with Crippen LogP contribution in [-0.4, -0.2) is 55.6 Å². The number of ether oxygens (including phenoxy) is 1. The molecule has 2 aromatic carbocycles. The molecule has 0 unspecified atom stereocenters. The fourth-order valence-corrected chi connectivity index (χ4v) is 4.61. The smallest absolute Gasteiger partial charge is 0.303 e. The summed E-state index contributed by atoms with van der Waals surface area (Å²) in [6.45, 7) is 4.69. The maximum Gasteiger partial charge on any atom is 0.303 e. The molecule has 0 aliphatic carbocycles. The van der Waals surface area contributed by atoms with Crippen molar-refractivity contribution in [3.05, 3.63) is 59.7 Å². The predicted octanol–water partition coefficient (Wildman–Crippen LogP) is 3.05. The number of nitrogens with zero attached hydrogens (tertiary/aromatic N) is 1. The minimum Gasteiger partial charge on any atom is -0.497 e. The van der Waals surface area contributed by atoms with E-state index in [4.69, 9.17) is 9.84 Å². The number of hydrogen-bond acceptors (Lipinski definition) is 6. The first-order chi connectivity index (χ1) is 15.6. The quantitative estimate of drug-likeness (QED) is 0.504. The molecule has 7 heteroatoms. The van der Waals surface area contributed by atoms with Gasteiger partial charge in [0.1, 0.15) is 12.0 Å². The fraction of sp³-hybridized carbons (Fsp3) is 0.480. The van der Waals surface area contributed by atoms with Crippen LogP contribution in [0.1, 0.15) is 36.3 Å². The summed E-state index contributed by atoms with van der Waals surface area (Å²) in [7, 11) is 1.69. The van der Waals surface area contributed by atoms with Crippen LogP contribution in [0.5, 0.6) is 5.75 Å². The lowest BCUT2D eigenvalue weighted by Gasteiger charge is -2.33. The molecule has 32 heavy (non-hydrogen) atoms. The zero-order valence-corrected chi connectivity index (χ0v) is 18.7. The summed E-state index contributed by atoms with van der Waals surface area (Å²) < 4.78 is 5.24. The van der Waals surface area contributed by atoms with Crippen molar-refractivity contribution < 1.29 is 14.6 Å². The summed E-state index contributed by atoms with van der Waals surface area (Å²) in [5.74, 6) is 0.969. The SMILES string of the molecule is COc1ccc(C2CNC(Nc3ccc(CN4CCC(CC(=O)O)CC4)cc3)NC2)cc1. The highest BCUT2D eigenvalue weighted by molar-refractivity contribution is 5.67. The summed E-state index contributed by atoms with van der Waals surface area (Å²) in [5, 5.41) is 19.6. The van der Waals surface area contributed by atoms with Gasteiger partial charge in [-0.1, -0.05) is 24.3 Å². The van der Waals surface area contributed by atoms with Gasteiger partial charge in [-0.05, 0) is 67.2 Å². The molecule has 0 amide bonds. The minimum atomic E-state index is -0.676. The number of hydrogen-bond donors (Lipinski definition) is 4. The van der Waals surface area contributed by atoms with Crippen LogP contribution in [0.15, 0.2) is 48.5 Å². The standard InChI is InChI=1S/C25H34N4O3/c1-32-23-8-4-20(5-9-23)21-15-26-25(27-16-21)28-22-6-2-19(3-7-22)17-29-12-10-18(11-13-29)14-24(30)31/h2-9,18,21,25-28H,10-17H2,1H3,(H,30,31). The molecule has 0 spiro atoms. The zero-order valence-electron chi connectivity index (χ0n) is 18.7. The molecule has 0 bridgehead atoms. The van der Waals surface area contributed by atoms with E-state index in [1.807, 2.05) is 12.1 Å². The monoisotopic (exact) mass is 438 g/mol. The summed E-state index contributed by atoms with van der Waals surface area (Å²) in [6.07, 6.45) is 2.30. The highest BCUT2D eigenvalue weighted by Gasteiger charge is 2.22. The highest BCUT2D eigenvalue weighted by atomic mass is 16.5. The number of methoxy groups -OCH3 is 1. The van der Waals surface area contributed by atoms with E-state index in [9.17, 15) is 4.79 Å². The van der Waals surface area contributed by atoms with Crippen molar-refractivity contribution in [1.29, 1.82) is 0 Å². The van der Waals surface area contributed by atoms with Gasteiger partial charge in [0.15, 0.2) is 0 Å². The van der Waals surface area contributed by atoms with Crippen molar-refractivity contribution in [3.63, 3.8) is 0 Å². The van der Waals surface area contributed by atoms with E-state index in [1.54, 1.807) is 7.11 Å². The lowest BCUT2D eigenvalue weighted by Crippen LogP contribution is -2.55. The average Bonchev–Trinajstić information content (AvgIpc) is 2.82. The largest absolute Gasteiger partial charge is 0.497 e. The van der Waals surface area contributed by atoms with Gasteiger partial charge in [-0.2, -0.15) is 0 Å². The highest BCUT2D eigenvalue weighted by Crippen LogP contribution is 2.23. The van der Waals surface area contributed by atoms with Crippen LogP contribution in [0.2, 0.25) is 0 Å². The number of aliphatic carboxylic acids is 1. The van der Waals surface area contributed by atoms with E-state index < -0.39 is 5.97 Å². The molecule has 2 aromatic rings. The molecular weight excluding hydrogens is 404 g/mol. The molecule has 2 heterocycles. The maximum atomic E-state index is 10.9. The van der Waals surface area contributed by atoms with E-state index in [0.29, 0.717) is 18.3 Å². The molecule has 0 aromatic heterocycles. The maximum absolute atomic E-state index is 10.9. The Balaban J connectivity index is 1.20. The van der Waals surface area contributed by atoms with Crippen molar-refractivity contribution >= 4 is 11.7 Å². The Hall–Kier alpha value is -2.61. The van der Waals surface area contributed by atoms with Gasteiger partial charge in [-0.3, -0.25) is 20.3 Å². The predicted molar refractivity (Wildman–Crippen MR) is 126 cm³/mol. The lowest BCUT2D eigenvalue weighted by molar-refractivity contribution is -0.138. The van der Waals surface area contributed by atoms with Crippen molar-refractivity contribution in [2.24, 2.45) is 5.92 Å². The normalized spacial score (nSPS) is 22.4. The Morgan fingerprint density at radius 1 is 1.06 bits per heavy atom. The van der Waals surface area contributed by atoms with Crippen molar-refractivity contribution in [3.8, 4) is 5.75 Å². The number of benzene rings is 2. The minimum absolute atomic E-state index is 0.0450. The topological polar surface area (TPSA) is 85.9 Å². The lowest BCUT2D eigenvalue weighted by atomic mass is 9.93. The first kappa shape index (κ1) is 22.6. The third-order valence-corrected chi connectivity index (χ3v) is 6.57. The molecule has 172 valence electrons. The second-order valence-electron chi connectivity index (χ2n) is 8.88. The summed E-state index contributed by atoms with van der Waals surface area (Å²) in [5.41, 5.74) is 3.68. The van der Waals surface area contributed by atoms with E-state index in [0.717, 1.165) is 57.0 Å². The molecular formula is C25H34N4O3. The Kier molecular flexibility index (Phi) is 7.63. The van der Waals surface area contributed by atoms with Gasteiger partial charge in [0, 0.05) is 37.7 Å². The zero-order chi connectivity index (χ0) is 22.3. The van der Waals surface area contributed by atoms with Crippen LogP contribution in [0, 0.1) is 5.92 Å². The van der Waals surface area contributed by atoms with Crippen LogP contribution in [0.4, 0.5) is 5.69 Å². The second-order valence-corrected chi connectivity index (χ2v) is 8.88. The fourth-order valence-electron chi connectivity index (χ4n) is 4.61. The Labute approximate surface area is 190 Å². The van der Waals surface area contributed by atoms with E-state index >= 15 is 0 Å². The molecule has 7 nitrogen and oxygen atoms in total. The number of anilines is 1. The molecule has 2 aliphatic rings. The van der Waals surface area contributed by atoms with Gasteiger partial charge >= 0.3 is 5.97 Å². The number of rotatable bonds is 8. The molecule has 2 aliphatic heterocycles. The molecule has 0 radical (unpaired) electrons. The second kappa shape index (κ2) is 10.8. The molecule has 4 N–H and O–H groups in total. The van der Waals surface area contributed by atoms with Crippen molar-refractivity contribution in [2.75, 3.05) is 38.6 Å². The van der Waals surface area contributed by atoms with Gasteiger partial charge in [0.05, 0.1) is 7.11 Å². The third kappa shape index (κ3) is 6.22. The number of carbonyl (C=O) groups is 1. The van der Waals surface area contributed by atoms with Crippen molar-refractivity contribution in [2.45, 2.75) is 38.0 Å². The number of piperidine rings is 1. The third-order valence-electron chi connectivity index (χ3n) is 6.57. The number of carboxylic acids is 1. The van der Waals surface area contributed by atoms with Gasteiger partial charge in [0.25, 0.3) is 0 Å². The number of nitrogens with one attached hydrogen (secondary N) is 3. The van der Waals surface area contributed by atoms with Gasteiger partial charge < -0.3 is 15.2 Å². The molecule has 2 saturated heterocycles. The first-order valence-corrected chi connectivity index (χ1v) is 11.5. The Bertz CT molecular complexity index is 856. The summed E-state index contributed by atoms with van der Waals surface area (Å²) >= 11 is 0. The summed E-state index contributed by atoms with van der Waals surface area (Å²) in [6, 6.07) is 16.9. The van der Waals surface area contributed by atoms with Gasteiger partial charge in [0.2, 0.25) is 0 Å². The molecule has 4 rings (SSSR count). The van der Waals surface area contributed by atoms with Crippen LogP contribution in [-0.2, 0) is 11.3 Å². The average molecular weight is 439 g/mol. The van der Waals surface area contributed by atoms with Gasteiger partial charge in [-0.15, -0.1) is 0 Å². The van der Waals surface area contributed by atoms with E-state index in [1.165, 1.54) is 11.1 Å². The summed E-state index contributed by atoms with van der Waals surface area (Å²) in [4.78, 5) is 13.3. The van der Waals surface area contributed by atoms with E-state index in [-0.39, 0.29) is 6.29 Å². The van der Waals surface area contributed by atoms with Crippen LogP contribution >= 0.6 is 0 Å². The van der Waals surface area contributed by atoms with Crippen LogP contribution in [0.25, 0.3) is 0 Å². The number of likely N-dealkylation sites (tertiary alicyclic amines) is 1.